The van der Waals surface area contributed by atoms with Gasteiger partial charge in [0.15, 0.2) is 0 Å². The van der Waals surface area contributed by atoms with Crippen molar-refractivity contribution in [1.82, 2.24) is 9.80 Å². The molecule has 2 aliphatic heterocycles. The van der Waals surface area contributed by atoms with Crippen LogP contribution in [0.15, 0.2) is 18.2 Å². The van der Waals surface area contributed by atoms with Crippen molar-refractivity contribution in [3.63, 3.8) is 0 Å². The molecule has 0 unspecified atom stereocenters. The van der Waals surface area contributed by atoms with Gasteiger partial charge in [0.25, 0.3) is 0 Å². The van der Waals surface area contributed by atoms with E-state index in [0.717, 1.165) is 18.7 Å². The highest BCUT2D eigenvalue weighted by atomic mass is 16.5. The van der Waals surface area contributed by atoms with Crippen LogP contribution >= 0.6 is 0 Å². The first-order chi connectivity index (χ1) is 12.5. The lowest BCUT2D eigenvalue weighted by Gasteiger charge is -2.29. The molecule has 2 heterocycles. The van der Waals surface area contributed by atoms with Crippen LogP contribution in [0, 0.1) is 11.3 Å². The quantitative estimate of drug-likeness (QED) is 0.838. The first-order valence-electron chi connectivity index (χ1n) is 9.58. The minimum Gasteiger partial charge on any atom is -0.507 e. The lowest BCUT2D eigenvalue weighted by molar-refractivity contribution is -0.149. The van der Waals surface area contributed by atoms with Crippen LogP contribution in [0.4, 0.5) is 0 Å². The van der Waals surface area contributed by atoms with E-state index < -0.39 is 11.4 Å². The summed E-state index contributed by atoms with van der Waals surface area (Å²) in [7, 11) is 1.59. The van der Waals surface area contributed by atoms with E-state index in [0.29, 0.717) is 31.4 Å². The molecule has 1 aromatic rings. The molecule has 2 saturated heterocycles. The third kappa shape index (κ3) is 2.85. The number of fused-ring (bicyclic) bond motifs is 1. The van der Waals surface area contributed by atoms with Gasteiger partial charge in [0.1, 0.15) is 11.5 Å². The number of carbonyl (C=O) groups is 1. The molecule has 0 amide bonds. The second kappa shape index (κ2) is 6.74. The maximum absolute atomic E-state index is 12.2. The molecule has 1 aromatic carbocycles. The zero-order valence-electron chi connectivity index (χ0n) is 15.4. The summed E-state index contributed by atoms with van der Waals surface area (Å²) in [6, 6.07) is 5.82. The van der Waals surface area contributed by atoms with E-state index >= 15 is 0 Å². The molecule has 0 bridgehead atoms. The van der Waals surface area contributed by atoms with Gasteiger partial charge in [0.2, 0.25) is 0 Å². The van der Waals surface area contributed by atoms with Gasteiger partial charge >= 0.3 is 5.97 Å². The number of carboxylic acid groups (broad SMARTS) is 1. The van der Waals surface area contributed by atoms with Crippen molar-refractivity contribution in [1.29, 1.82) is 0 Å². The molecule has 4 rings (SSSR count). The van der Waals surface area contributed by atoms with E-state index in [1.165, 1.54) is 25.7 Å². The molecule has 0 spiro atoms. The maximum atomic E-state index is 12.2. The lowest BCUT2D eigenvalue weighted by atomic mass is 9.81. The predicted molar refractivity (Wildman–Crippen MR) is 97.3 cm³/mol. The summed E-state index contributed by atoms with van der Waals surface area (Å²) in [6.45, 7) is 3.35. The second-order valence-electron chi connectivity index (χ2n) is 8.15. The van der Waals surface area contributed by atoms with Gasteiger partial charge in [-0.15, -0.1) is 0 Å². The van der Waals surface area contributed by atoms with Gasteiger partial charge < -0.3 is 14.9 Å². The number of phenolic OH excluding ortho intramolecular Hbond substituents is 1. The third-order valence-electron chi connectivity index (χ3n) is 6.68. The number of aromatic hydroxyl groups is 1. The maximum Gasteiger partial charge on any atom is 0.312 e. The van der Waals surface area contributed by atoms with Gasteiger partial charge in [-0.05, 0) is 25.0 Å². The lowest BCUT2D eigenvalue weighted by Crippen LogP contribution is -2.42. The zero-order chi connectivity index (χ0) is 18.3. The highest BCUT2D eigenvalue weighted by Crippen LogP contribution is 2.46. The van der Waals surface area contributed by atoms with Crippen molar-refractivity contribution in [2.45, 2.75) is 38.3 Å². The minimum atomic E-state index is -0.680. The number of aliphatic carboxylic acids is 1. The van der Waals surface area contributed by atoms with Crippen molar-refractivity contribution in [3.05, 3.63) is 23.8 Å². The first kappa shape index (κ1) is 17.6. The summed E-state index contributed by atoms with van der Waals surface area (Å²) in [4.78, 5) is 16.8. The van der Waals surface area contributed by atoms with E-state index in [9.17, 15) is 15.0 Å². The molecule has 2 atom stereocenters. The largest absolute Gasteiger partial charge is 0.507 e. The van der Waals surface area contributed by atoms with Crippen LogP contribution in [0.25, 0.3) is 0 Å². The van der Waals surface area contributed by atoms with Crippen LogP contribution in [0.5, 0.6) is 11.5 Å². The van der Waals surface area contributed by atoms with E-state index in [1.54, 1.807) is 19.2 Å². The minimum absolute atomic E-state index is 0.150. The SMILES string of the molecule is COc1cccc(O)c1CN1C[C@@H]2CN(C3CCCC3)C[C@]2(C(=O)O)C1. The van der Waals surface area contributed by atoms with Crippen LogP contribution in [-0.4, -0.2) is 65.3 Å². The van der Waals surface area contributed by atoms with Gasteiger partial charge in [-0.3, -0.25) is 14.6 Å². The summed E-state index contributed by atoms with van der Waals surface area (Å²) >= 11 is 0. The third-order valence-corrected chi connectivity index (χ3v) is 6.68. The van der Waals surface area contributed by atoms with Gasteiger partial charge in [-0.2, -0.15) is 0 Å². The Labute approximate surface area is 154 Å². The van der Waals surface area contributed by atoms with Gasteiger partial charge in [-0.1, -0.05) is 18.9 Å². The molecular formula is C20H28N2O4. The summed E-state index contributed by atoms with van der Waals surface area (Å²) in [5.74, 6) is 0.338. The Hall–Kier alpha value is -1.79. The van der Waals surface area contributed by atoms with Gasteiger partial charge in [0.05, 0.1) is 12.5 Å². The number of ether oxygens (including phenoxy) is 1. The molecular weight excluding hydrogens is 332 g/mol. The number of hydrogen-bond acceptors (Lipinski definition) is 5. The topological polar surface area (TPSA) is 73.2 Å². The number of rotatable bonds is 5. The number of carboxylic acids is 1. The smallest absolute Gasteiger partial charge is 0.312 e. The molecule has 142 valence electrons. The van der Waals surface area contributed by atoms with Crippen molar-refractivity contribution >= 4 is 5.97 Å². The Morgan fingerprint density at radius 3 is 2.69 bits per heavy atom. The Kier molecular flexibility index (Phi) is 4.57. The first-order valence-corrected chi connectivity index (χ1v) is 9.58. The standard InChI is InChI=1S/C20H28N2O4/c1-26-18-8-4-7-17(23)16(18)11-21-9-14-10-22(15-5-2-3-6-15)13-20(14,12-21)19(24)25/h4,7-8,14-15,23H,2-3,5-6,9-13H2,1H3,(H,24,25)/t14-,20-/m1/s1. The Balaban J connectivity index is 1.51. The zero-order valence-corrected chi connectivity index (χ0v) is 15.4. The number of likely N-dealkylation sites (tertiary alicyclic amines) is 2. The van der Waals surface area contributed by atoms with E-state index in [1.807, 2.05) is 6.07 Å². The van der Waals surface area contributed by atoms with Crippen molar-refractivity contribution < 1.29 is 19.7 Å². The number of hydrogen-bond donors (Lipinski definition) is 2. The number of methoxy groups -OCH3 is 1. The van der Waals surface area contributed by atoms with Crippen LogP contribution in [0.3, 0.4) is 0 Å². The van der Waals surface area contributed by atoms with E-state index in [-0.39, 0.29) is 11.7 Å². The number of benzene rings is 1. The molecule has 6 nitrogen and oxygen atoms in total. The average Bonchev–Trinajstić information content (AvgIpc) is 3.30. The number of phenols is 1. The van der Waals surface area contributed by atoms with Gasteiger partial charge in [0, 0.05) is 50.2 Å². The fourth-order valence-electron chi connectivity index (χ4n) is 5.31. The molecule has 0 radical (unpaired) electrons. The van der Waals surface area contributed by atoms with E-state index in [4.69, 9.17) is 4.74 Å². The fourth-order valence-corrected chi connectivity index (χ4v) is 5.31. The molecule has 6 heteroatoms. The van der Waals surface area contributed by atoms with Crippen LogP contribution in [0.1, 0.15) is 31.2 Å². The fraction of sp³-hybridized carbons (Fsp3) is 0.650. The van der Waals surface area contributed by atoms with Crippen molar-refractivity contribution in [3.8, 4) is 11.5 Å². The van der Waals surface area contributed by atoms with Gasteiger partial charge in [-0.25, -0.2) is 0 Å². The Bertz CT molecular complexity index is 688. The van der Waals surface area contributed by atoms with Crippen molar-refractivity contribution in [2.75, 3.05) is 33.3 Å². The molecule has 2 N–H and O–H groups in total. The Morgan fingerprint density at radius 2 is 2.04 bits per heavy atom. The van der Waals surface area contributed by atoms with Crippen LogP contribution in [0.2, 0.25) is 0 Å². The molecule has 3 fully saturated rings. The number of nitrogens with zero attached hydrogens (tertiary/aromatic N) is 2. The summed E-state index contributed by atoms with van der Waals surface area (Å²) in [6.07, 6.45) is 4.96. The molecule has 1 aliphatic carbocycles. The molecule has 0 aromatic heterocycles. The van der Waals surface area contributed by atoms with Crippen LogP contribution < -0.4 is 4.74 Å². The second-order valence-corrected chi connectivity index (χ2v) is 8.15. The Morgan fingerprint density at radius 1 is 1.27 bits per heavy atom. The monoisotopic (exact) mass is 360 g/mol. The highest BCUT2D eigenvalue weighted by molar-refractivity contribution is 5.77. The predicted octanol–water partition coefficient (Wildman–Crippen LogP) is 2.16. The summed E-state index contributed by atoms with van der Waals surface area (Å²) < 4.78 is 5.38. The molecule has 3 aliphatic rings. The van der Waals surface area contributed by atoms with E-state index in [2.05, 4.69) is 9.80 Å². The van der Waals surface area contributed by atoms with Crippen molar-refractivity contribution in [2.24, 2.45) is 11.3 Å². The normalized spacial score (nSPS) is 30.0. The molecule has 26 heavy (non-hydrogen) atoms. The average molecular weight is 360 g/mol. The molecule has 1 saturated carbocycles. The highest BCUT2D eigenvalue weighted by Gasteiger charge is 2.58. The summed E-state index contributed by atoms with van der Waals surface area (Å²) in [5, 5.41) is 20.3. The van der Waals surface area contributed by atoms with Crippen LogP contribution in [-0.2, 0) is 11.3 Å². The summed E-state index contributed by atoms with van der Waals surface area (Å²) in [5.41, 5.74) is 0.0587.